The molecule has 4 rings (SSSR count). The van der Waals surface area contributed by atoms with Gasteiger partial charge in [-0.05, 0) is 92.8 Å². The highest BCUT2D eigenvalue weighted by Crippen LogP contribution is 2.17. The summed E-state index contributed by atoms with van der Waals surface area (Å²) in [6, 6.07) is 26.1. The summed E-state index contributed by atoms with van der Waals surface area (Å²) in [6.45, 7) is 4.90. The number of rotatable bonds is 12. The standard InChI is InChI=1S/C20H25NO.C10H12O3.CH5NO/c1-2-7-19(8-3-1)17-22-20-12-10-18(11-13-20)9-6-16-21-14-4-5-15-21;1-12-9-3-5-10(6-4-9)13-8-2-7-11;1-2-3/h1-3,7-8,10-13H,4-6,9,14-17H2;3-7H,2,8H2,1H3;2-3H,1H3. The molecular formula is C31H42N2O5. The smallest absolute Gasteiger partial charge is 0.123 e. The Morgan fingerprint density at radius 2 is 1.42 bits per heavy atom. The number of methoxy groups -OCH3 is 1. The first-order chi connectivity index (χ1) is 18.7. The summed E-state index contributed by atoms with van der Waals surface area (Å²) >= 11 is 0. The molecule has 1 saturated heterocycles. The van der Waals surface area contributed by atoms with Crippen LogP contribution < -0.4 is 19.7 Å². The average molecular weight is 523 g/mol. The van der Waals surface area contributed by atoms with Crippen LogP contribution in [0.15, 0.2) is 78.9 Å². The van der Waals surface area contributed by atoms with Gasteiger partial charge in [0.2, 0.25) is 0 Å². The summed E-state index contributed by atoms with van der Waals surface area (Å²) in [4.78, 5) is 12.6. The topological polar surface area (TPSA) is 80.3 Å². The van der Waals surface area contributed by atoms with Crippen molar-refractivity contribution < 1.29 is 24.2 Å². The fraction of sp³-hybridized carbons (Fsp3) is 0.387. The molecule has 206 valence electrons. The van der Waals surface area contributed by atoms with Gasteiger partial charge in [-0.3, -0.25) is 0 Å². The van der Waals surface area contributed by atoms with Crippen molar-refractivity contribution in [1.29, 1.82) is 0 Å². The molecular weight excluding hydrogens is 480 g/mol. The van der Waals surface area contributed by atoms with Crippen LogP contribution in [0.5, 0.6) is 17.2 Å². The largest absolute Gasteiger partial charge is 0.497 e. The molecule has 0 saturated carbocycles. The lowest BCUT2D eigenvalue weighted by Gasteiger charge is -2.14. The maximum absolute atomic E-state index is 10.00. The van der Waals surface area contributed by atoms with Gasteiger partial charge in [0.15, 0.2) is 0 Å². The second kappa shape index (κ2) is 19.7. The molecule has 3 aromatic carbocycles. The highest BCUT2D eigenvalue weighted by Gasteiger charge is 2.10. The van der Waals surface area contributed by atoms with Gasteiger partial charge in [0.25, 0.3) is 0 Å². The first kappa shape index (κ1) is 30.8. The molecule has 38 heavy (non-hydrogen) atoms. The lowest BCUT2D eigenvalue weighted by atomic mass is 10.1. The third-order valence-electron chi connectivity index (χ3n) is 5.87. The van der Waals surface area contributed by atoms with E-state index in [1.54, 1.807) is 12.6 Å². The summed E-state index contributed by atoms with van der Waals surface area (Å²) in [6.07, 6.45) is 6.44. The molecule has 1 aliphatic heterocycles. The van der Waals surface area contributed by atoms with Gasteiger partial charge in [0.1, 0.15) is 30.1 Å². The third kappa shape index (κ3) is 13.2. The van der Waals surface area contributed by atoms with E-state index in [-0.39, 0.29) is 0 Å². The van der Waals surface area contributed by atoms with Gasteiger partial charge in [0.05, 0.1) is 13.7 Å². The Balaban J connectivity index is 0.000000270. The van der Waals surface area contributed by atoms with Gasteiger partial charge in [-0.25, -0.2) is 5.48 Å². The molecule has 0 unspecified atom stereocenters. The van der Waals surface area contributed by atoms with Crippen molar-refractivity contribution in [3.05, 3.63) is 90.0 Å². The molecule has 1 fully saturated rings. The molecule has 1 heterocycles. The van der Waals surface area contributed by atoms with Crippen molar-refractivity contribution in [3.63, 3.8) is 0 Å². The van der Waals surface area contributed by atoms with Gasteiger partial charge >= 0.3 is 0 Å². The molecule has 1 aliphatic rings. The molecule has 3 aromatic rings. The monoisotopic (exact) mass is 522 g/mol. The van der Waals surface area contributed by atoms with Gasteiger partial charge in [-0.1, -0.05) is 42.5 Å². The Labute approximate surface area is 227 Å². The van der Waals surface area contributed by atoms with Crippen LogP contribution >= 0.6 is 0 Å². The van der Waals surface area contributed by atoms with E-state index >= 15 is 0 Å². The number of hydroxylamine groups is 1. The Kier molecular flexibility index (Phi) is 16.0. The second-order valence-electron chi connectivity index (χ2n) is 8.77. The highest BCUT2D eigenvalue weighted by atomic mass is 16.5. The fourth-order valence-electron chi connectivity index (χ4n) is 3.90. The highest BCUT2D eigenvalue weighted by molar-refractivity contribution is 5.49. The van der Waals surface area contributed by atoms with Crippen LogP contribution in [0, 0.1) is 0 Å². The lowest BCUT2D eigenvalue weighted by molar-refractivity contribution is -0.108. The average Bonchev–Trinajstić information content (AvgIpc) is 3.48. The number of aldehydes is 1. The molecule has 7 nitrogen and oxygen atoms in total. The zero-order valence-electron chi connectivity index (χ0n) is 22.7. The van der Waals surface area contributed by atoms with E-state index in [2.05, 4.69) is 41.3 Å². The molecule has 0 bridgehead atoms. The Morgan fingerprint density at radius 3 is 2.03 bits per heavy atom. The summed E-state index contributed by atoms with van der Waals surface area (Å²) in [5.41, 5.74) is 4.36. The van der Waals surface area contributed by atoms with E-state index < -0.39 is 0 Å². The molecule has 0 amide bonds. The molecule has 0 aromatic heterocycles. The Bertz CT molecular complexity index is 975. The van der Waals surface area contributed by atoms with Crippen LogP contribution in [0.4, 0.5) is 0 Å². The Hall–Kier alpha value is -3.39. The molecule has 0 radical (unpaired) electrons. The van der Waals surface area contributed by atoms with Crippen LogP contribution in [0.2, 0.25) is 0 Å². The SMILES string of the molecule is CNO.COc1ccc(OCCC=O)cc1.c1ccc(COc2ccc(CCCN3CCCC3)cc2)cc1. The number of benzene rings is 3. The summed E-state index contributed by atoms with van der Waals surface area (Å²) in [7, 11) is 3.04. The number of aryl methyl sites for hydroxylation is 1. The van der Waals surface area contributed by atoms with Gasteiger partial charge < -0.3 is 29.1 Å². The second-order valence-corrected chi connectivity index (χ2v) is 8.77. The number of nitrogens with zero attached hydrogens (tertiary/aromatic N) is 1. The quantitative estimate of drug-likeness (QED) is 0.183. The first-order valence-corrected chi connectivity index (χ1v) is 13.2. The maximum atomic E-state index is 10.00. The van der Waals surface area contributed by atoms with Crippen LogP contribution in [0.3, 0.4) is 0 Å². The zero-order valence-corrected chi connectivity index (χ0v) is 22.7. The Morgan fingerprint density at radius 1 is 0.842 bits per heavy atom. The fourth-order valence-corrected chi connectivity index (χ4v) is 3.90. The van der Waals surface area contributed by atoms with Crippen LogP contribution in [0.1, 0.15) is 36.8 Å². The molecule has 0 atom stereocenters. The molecule has 0 spiro atoms. The number of hydrogen-bond acceptors (Lipinski definition) is 7. The first-order valence-electron chi connectivity index (χ1n) is 13.2. The predicted molar refractivity (Wildman–Crippen MR) is 151 cm³/mol. The van der Waals surface area contributed by atoms with Gasteiger partial charge in [-0.2, -0.15) is 0 Å². The van der Waals surface area contributed by atoms with E-state index in [1.165, 1.54) is 57.1 Å². The van der Waals surface area contributed by atoms with Crippen LogP contribution in [-0.4, -0.2) is 56.8 Å². The molecule has 2 N–H and O–H groups in total. The molecule has 0 aliphatic carbocycles. The number of nitrogens with one attached hydrogen (secondary N) is 1. The van der Waals surface area contributed by atoms with Crippen LogP contribution in [-0.2, 0) is 17.8 Å². The zero-order chi connectivity index (χ0) is 27.3. The minimum atomic E-state index is 0.423. The minimum Gasteiger partial charge on any atom is -0.497 e. The van der Waals surface area contributed by atoms with Crippen molar-refractivity contribution in [3.8, 4) is 17.2 Å². The minimum absolute atomic E-state index is 0.423. The van der Waals surface area contributed by atoms with E-state index in [1.807, 2.05) is 42.5 Å². The van der Waals surface area contributed by atoms with E-state index in [4.69, 9.17) is 19.4 Å². The van der Waals surface area contributed by atoms with E-state index in [0.29, 0.717) is 19.6 Å². The van der Waals surface area contributed by atoms with Crippen molar-refractivity contribution >= 4 is 6.29 Å². The van der Waals surface area contributed by atoms with Gasteiger partial charge in [0, 0.05) is 13.5 Å². The van der Waals surface area contributed by atoms with E-state index in [0.717, 1.165) is 30.0 Å². The lowest BCUT2D eigenvalue weighted by Crippen LogP contribution is -2.20. The van der Waals surface area contributed by atoms with Crippen molar-refractivity contribution in [2.75, 3.05) is 40.4 Å². The van der Waals surface area contributed by atoms with Crippen molar-refractivity contribution in [2.24, 2.45) is 0 Å². The van der Waals surface area contributed by atoms with Crippen molar-refractivity contribution in [1.82, 2.24) is 10.4 Å². The van der Waals surface area contributed by atoms with Crippen LogP contribution in [0.25, 0.3) is 0 Å². The van der Waals surface area contributed by atoms with Crippen molar-refractivity contribution in [2.45, 2.75) is 38.7 Å². The summed E-state index contributed by atoms with van der Waals surface area (Å²) in [5, 5.41) is 7.32. The summed E-state index contributed by atoms with van der Waals surface area (Å²) in [5.74, 6) is 2.50. The van der Waals surface area contributed by atoms with Gasteiger partial charge in [-0.15, -0.1) is 0 Å². The number of ether oxygens (including phenoxy) is 3. The number of carbonyl (C=O) groups excluding carboxylic acids is 1. The number of hydrogen-bond donors (Lipinski definition) is 2. The molecule has 7 heteroatoms. The maximum Gasteiger partial charge on any atom is 0.123 e. The van der Waals surface area contributed by atoms with E-state index in [9.17, 15) is 4.79 Å². The number of carbonyl (C=O) groups is 1. The number of likely N-dealkylation sites (tertiary alicyclic amines) is 1. The normalized spacial score (nSPS) is 12.4. The predicted octanol–water partition coefficient (Wildman–Crippen LogP) is 5.55. The summed E-state index contributed by atoms with van der Waals surface area (Å²) < 4.78 is 16.1. The third-order valence-corrected chi connectivity index (χ3v) is 5.87.